The molecule has 11 heavy (non-hydrogen) atoms. The Labute approximate surface area is 73.1 Å². The minimum atomic E-state index is 0.375. The highest BCUT2D eigenvalue weighted by atomic mass is 35.5. The molecule has 0 radical (unpaired) electrons. The first kappa shape index (κ1) is 7.88. The summed E-state index contributed by atoms with van der Waals surface area (Å²) in [4.78, 5) is 0. The second-order valence-corrected chi connectivity index (χ2v) is 4.19. The summed E-state index contributed by atoms with van der Waals surface area (Å²) in [6.45, 7) is 1.87. The fourth-order valence-corrected chi connectivity index (χ4v) is 2.54. The molecule has 0 bridgehead atoms. The molecule has 0 aromatic heterocycles. The van der Waals surface area contributed by atoms with Crippen molar-refractivity contribution in [3.8, 4) is 0 Å². The summed E-state index contributed by atoms with van der Waals surface area (Å²) >= 11 is 5.99. The van der Waals surface area contributed by atoms with Gasteiger partial charge in [-0.25, -0.2) is 0 Å². The standard InChI is InChI=1S/C9H15ClO/c10-6-9(8-2-3-8)4-1-5-11-7-9/h8H,1-7H2. The summed E-state index contributed by atoms with van der Waals surface area (Å²) < 4.78 is 5.49. The minimum Gasteiger partial charge on any atom is -0.381 e. The van der Waals surface area contributed by atoms with E-state index in [1.165, 1.54) is 25.7 Å². The first-order chi connectivity index (χ1) is 5.37. The molecule has 1 saturated heterocycles. The van der Waals surface area contributed by atoms with E-state index in [1.54, 1.807) is 0 Å². The highest BCUT2D eigenvalue weighted by molar-refractivity contribution is 6.18. The van der Waals surface area contributed by atoms with E-state index in [0.717, 1.165) is 25.0 Å². The third kappa shape index (κ3) is 1.41. The molecule has 1 saturated carbocycles. The largest absolute Gasteiger partial charge is 0.381 e. The zero-order valence-electron chi connectivity index (χ0n) is 6.81. The van der Waals surface area contributed by atoms with Gasteiger partial charge in [0.05, 0.1) is 6.61 Å². The van der Waals surface area contributed by atoms with E-state index in [-0.39, 0.29) is 0 Å². The number of halogens is 1. The maximum Gasteiger partial charge on any atom is 0.0536 e. The normalized spacial score (nSPS) is 39.0. The lowest BCUT2D eigenvalue weighted by Gasteiger charge is -2.35. The van der Waals surface area contributed by atoms with Gasteiger partial charge >= 0.3 is 0 Å². The van der Waals surface area contributed by atoms with Crippen LogP contribution in [-0.2, 0) is 4.74 Å². The number of ether oxygens (including phenoxy) is 1. The van der Waals surface area contributed by atoms with Crippen molar-refractivity contribution < 1.29 is 4.74 Å². The lowest BCUT2D eigenvalue weighted by Crippen LogP contribution is -2.35. The Morgan fingerprint density at radius 1 is 1.45 bits per heavy atom. The van der Waals surface area contributed by atoms with Gasteiger partial charge in [-0.05, 0) is 31.6 Å². The van der Waals surface area contributed by atoms with Crippen molar-refractivity contribution >= 4 is 11.6 Å². The second-order valence-electron chi connectivity index (χ2n) is 3.93. The van der Waals surface area contributed by atoms with E-state index in [4.69, 9.17) is 16.3 Å². The zero-order chi connectivity index (χ0) is 7.73. The van der Waals surface area contributed by atoms with Crippen molar-refractivity contribution in [3.05, 3.63) is 0 Å². The van der Waals surface area contributed by atoms with Crippen LogP contribution in [0.15, 0.2) is 0 Å². The van der Waals surface area contributed by atoms with Crippen molar-refractivity contribution in [3.63, 3.8) is 0 Å². The Morgan fingerprint density at radius 2 is 2.27 bits per heavy atom. The fourth-order valence-electron chi connectivity index (χ4n) is 2.11. The molecule has 1 nitrogen and oxygen atoms in total. The third-order valence-electron chi connectivity index (χ3n) is 3.06. The molecule has 0 aromatic rings. The van der Waals surface area contributed by atoms with E-state index in [9.17, 15) is 0 Å². The molecule has 1 atom stereocenters. The van der Waals surface area contributed by atoms with Crippen molar-refractivity contribution in [2.24, 2.45) is 11.3 Å². The summed E-state index contributed by atoms with van der Waals surface area (Å²) in [5.41, 5.74) is 0.375. The zero-order valence-corrected chi connectivity index (χ0v) is 7.57. The molecule has 0 amide bonds. The van der Waals surface area contributed by atoms with E-state index in [1.807, 2.05) is 0 Å². The number of hydrogen-bond donors (Lipinski definition) is 0. The molecule has 0 N–H and O–H groups in total. The maximum absolute atomic E-state index is 5.99. The summed E-state index contributed by atoms with van der Waals surface area (Å²) in [7, 11) is 0. The quantitative estimate of drug-likeness (QED) is 0.585. The molecule has 1 aliphatic heterocycles. The number of alkyl halides is 1. The second kappa shape index (κ2) is 2.95. The fraction of sp³-hybridized carbons (Fsp3) is 1.00. The molecule has 2 aliphatic rings. The van der Waals surface area contributed by atoms with Crippen LogP contribution < -0.4 is 0 Å². The molecule has 1 unspecified atom stereocenters. The number of hydrogen-bond acceptors (Lipinski definition) is 1. The van der Waals surface area contributed by atoms with Crippen molar-refractivity contribution in [1.82, 2.24) is 0 Å². The SMILES string of the molecule is ClCC1(C2CC2)CCCOC1. The topological polar surface area (TPSA) is 9.23 Å². The van der Waals surface area contributed by atoms with Crippen molar-refractivity contribution in [2.75, 3.05) is 19.1 Å². The van der Waals surface area contributed by atoms with Gasteiger partial charge in [-0.2, -0.15) is 0 Å². The summed E-state index contributed by atoms with van der Waals surface area (Å²) in [5.74, 6) is 1.69. The Bertz CT molecular complexity index is 136. The van der Waals surface area contributed by atoms with Gasteiger partial charge in [-0.3, -0.25) is 0 Å². The van der Waals surface area contributed by atoms with Gasteiger partial charge in [0.15, 0.2) is 0 Å². The number of rotatable bonds is 2. The predicted octanol–water partition coefficient (Wildman–Crippen LogP) is 2.43. The van der Waals surface area contributed by atoms with Gasteiger partial charge in [0.1, 0.15) is 0 Å². The first-order valence-corrected chi connectivity index (χ1v) is 5.04. The van der Waals surface area contributed by atoms with Crippen LogP contribution in [0, 0.1) is 11.3 Å². The van der Waals surface area contributed by atoms with Crippen LogP contribution >= 0.6 is 11.6 Å². The summed E-state index contributed by atoms with van der Waals surface area (Å²) in [6.07, 6.45) is 5.27. The van der Waals surface area contributed by atoms with Crippen LogP contribution in [0.1, 0.15) is 25.7 Å². The minimum absolute atomic E-state index is 0.375. The Balaban J connectivity index is 2.01. The van der Waals surface area contributed by atoms with Crippen LogP contribution in [0.5, 0.6) is 0 Å². The smallest absolute Gasteiger partial charge is 0.0536 e. The van der Waals surface area contributed by atoms with E-state index in [2.05, 4.69) is 0 Å². The Kier molecular flexibility index (Phi) is 2.11. The van der Waals surface area contributed by atoms with Crippen molar-refractivity contribution in [1.29, 1.82) is 0 Å². The lowest BCUT2D eigenvalue weighted by molar-refractivity contribution is -0.00758. The molecule has 64 valence electrons. The van der Waals surface area contributed by atoms with Gasteiger partial charge in [-0.15, -0.1) is 11.6 Å². The lowest BCUT2D eigenvalue weighted by atomic mass is 9.80. The van der Waals surface area contributed by atoms with Gasteiger partial charge in [0.25, 0.3) is 0 Å². The van der Waals surface area contributed by atoms with E-state index in [0.29, 0.717) is 5.41 Å². The van der Waals surface area contributed by atoms with E-state index >= 15 is 0 Å². The summed E-state index contributed by atoms with van der Waals surface area (Å²) in [6, 6.07) is 0. The molecule has 2 rings (SSSR count). The average Bonchev–Trinajstić information content (AvgIpc) is 2.88. The predicted molar refractivity (Wildman–Crippen MR) is 45.9 cm³/mol. The maximum atomic E-state index is 5.99. The molecule has 1 aliphatic carbocycles. The monoisotopic (exact) mass is 174 g/mol. The molecular weight excluding hydrogens is 160 g/mol. The highest BCUT2D eigenvalue weighted by Crippen LogP contribution is 2.50. The van der Waals surface area contributed by atoms with Crippen LogP contribution in [0.3, 0.4) is 0 Å². The van der Waals surface area contributed by atoms with Crippen LogP contribution in [0.2, 0.25) is 0 Å². The highest BCUT2D eigenvalue weighted by Gasteiger charge is 2.45. The van der Waals surface area contributed by atoms with Crippen LogP contribution in [0.25, 0.3) is 0 Å². The third-order valence-corrected chi connectivity index (χ3v) is 3.59. The van der Waals surface area contributed by atoms with Crippen molar-refractivity contribution in [2.45, 2.75) is 25.7 Å². The Morgan fingerprint density at radius 3 is 2.73 bits per heavy atom. The van der Waals surface area contributed by atoms with Crippen LogP contribution in [-0.4, -0.2) is 19.1 Å². The molecule has 0 aromatic carbocycles. The molecular formula is C9H15ClO. The molecule has 0 spiro atoms. The van der Waals surface area contributed by atoms with Gasteiger partial charge in [0.2, 0.25) is 0 Å². The van der Waals surface area contributed by atoms with Gasteiger partial charge < -0.3 is 4.74 Å². The first-order valence-electron chi connectivity index (χ1n) is 4.51. The van der Waals surface area contributed by atoms with Gasteiger partial charge in [0, 0.05) is 17.9 Å². The molecule has 1 heterocycles. The van der Waals surface area contributed by atoms with Crippen LogP contribution in [0.4, 0.5) is 0 Å². The molecule has 2 heteroatoms. The molecule has 2 fully saturated rings. The Hall–Kier alpha value is 0.250. The average molecular weight is 175 g/mol. The van der Waals surface area contributed by atoms with E-state index < -0.39 is 0 Å². The van der Waals surface area contributed by atoms with Gasteiger partial charge in [-0.1, -0.05) is 0 Å². The summed E-state index contributed by atoms with van der Waals surface area (Å²) in [5, 5.41) is 0.